The maximum Gasteiger partial charge on any atom is 0.227 e. The molecule has 1 amide bonds. The molecular formula is C21H23FN2O3. The largest absolute Gasteiger partial charge is 0.376 e. The average Bonchev–Trinajstić information content (AvgIpc) is 3.07. The Morgan fingerprint density at radius 3 is 2.93 bits per heavy atom. The zero-order valence-electron chi connectivity index (χ0n) is 15.1. The highest BCUT2D eigenvalue weighted by Crippen LogP contribution is 2.40. The van der Waals surface area contributed by atoms with Crippen LogP contribution in [0.25, 0.3) is 0 Å². The van der Waals surface area contributed by atoms with Gasteiger partial charge in [0.2, 0.25) is 5.91 Å². The minimum Gasteiger partial charge on any atom is -0.376 e. The number of hydrogen-bond donors (Lipinski definition) is 0. The minimum absolute atomic E-state index is 0.0590. The van der Waals surface area contributed by atoms with Gasteiger partial charge >= 0.3 is 0 Å². The number of carbonyl (C=O) groups excluding carboxylic acids is 1. The van der Waals surface area contributed by atoms with Gasteiger partial charge in [0, 0.05) is 24.9 Å². The van der Waals surface area contributed by atoms with Crippen LogP contribution >= 0.6 is 0 Å². The third-order valence-electron chi connectivity index (χ3n) is 5.48. The van der Waals surface area contributed by atoms with Gasteiger partial charge in [0.1, 0.15) is 11.4 Å². The van der Waals surface area contributed by atoms with Crippen molar-refractivity contribution in [3.8, 4) is 0 Å². The SMILES string of the molecule is O=C(Cc1ccccc1F)N1CC2(C1)OCC[C@H]2COCc1cccnc1. The van der Waals surface area contributed by atoms with E-state index in [9.17, 15) is 9.18 Å². The Morgan fingerprint density at radius 2 is 2.15 bits per heavy atom. The Hall–Kier alpha value is -2.31. The molecule has 5 nitrogen and oxygen atoms in total. The first-order chi connectivity index (χ1) is 13.2. The summed E-state index contributed by atoms with van der Waals surface area (Å²) in [5.74, 6) is -0.122. The molecule has 1 atom stereocenters. The summed E-state index contributed by atoms with van der Waals surface area (Å²) in [6, 6.07) is 10.3. The maximum absolute atomic E-state index is 13.8. The molecule has 0 radical (unpaired) electrons. The molecule has 2 aliphatic heterocycles. The number of rotatable bonds is 6. The van der Waals surface area contributed by atoms with Gasteiger partial charge in [-0.2, -0.15) is 0 Å². The summed E-state index contributed by atoms with van der Waals surface area (Å²) in [6.07, 6.45) is 4.56. The number of likely N-dealkylation sites (tertiary alicyclic amines) is 1. The van der Waals surface area contributed by atoms with E-state index in [0.29, 0.717) is 38.5 Å². The number of pyridine rings is 1. The van der Waals surface area contributed by atoms with Crippen LogP contribution in [0.2, 0.25) is 0 Å². The van der Waals surface area contributed by atoms with Gasteiger partial charge in [-0.1, -0.05) is 24.3 Å². The second-order valence-corrected chi connectivity index (χ2v) is 7.29. The maximum atomic E-state index is 13.8. The first-order valence-corrected chi connectivity index (χ1v) is 9.28. The van der Waals surface area contributed by atoms with Crippen molar-refractivity contribution in [2.45, 2.75) is 25.0 Å². The lowest BCUT2D eigenvalue weighted by molar-refractivity contribution is -0.168. The quantitative estimate of drug-likeness (QED) is 0.784. The van der Waals surface area contributed by atoms with Crippen LogP contribution in [-0.2, 0) is 27.3 Å². The molecule has 2 aromatic rings. The van der Waals surface area contributed by atoms with Crippen molar-refractivity contribution in [2.75, 3.05) is 26.3 Å². The van der Waals surface area contributed by atoms with Crippen molar-refractivity contribution in [1.29, 1.82) is 0 Å². The first kappa shape index (κ1) is 18.1. The standard InChI is InChI=1S/C21H23FN2O3/c22-19-6-2-1-5-17(19)10-20(25)24-14-21(15-24)18(7-9-27-21)13-26-12-16-4-3-8-23-11-16/h1-6,8,11,18H,7,9-10,12-15H2/t18-/m0/s1. The summed E-state index contributed by atoms with van der Waals surface area (Å²) in [4.78, 5) is 18.3. The number of nitrogens with zero attached hydrogens (tertiary/aromatic N) is 2. The van der Waals surface area contributed by atoms with E-state index in [2.05, 4.69) is 4.98 Å². The van der Waals surface area contributed by atoms with Crippen molar-refractivity contribution in [1.82, 2.24) is 9.88 Å². The predicted molar refractivity (Wildman–Crippen MR) is 97.4 cm³/mol. The Labute approximate surface area is 158 Å². The topological polar surface area (TPSA) is 51.7 Å². The molecule has 0 N–H and O–H groups in total. The zero-order valence-corrected chi connectivity index (χ0v) is 15.1. The lowest BCUT2D eigenvalue weighted by Gasteiger charge is -2.50. The van der Waals surface area contributed by atoms with E-state index in [4.69, 9.17) is 9.47 Å². The van der Waals surface area contributed by atoms with Crippen LogP contribution in [0, 0.1) is 11.7 Å². The molecule has 27 heavy (non-hydrogen) atoms. The summed E-state index contributed by atoms with van der Waals surface area (Å²) >= 11 is 0. The molecule has 2 aliphatic rings. The van der Waals surface area contributed by atoms with Crippen LogP contribution in [0.15, 0.2) is 48.8 Å². The van der Waals surface area contributed by atoms with E-state index >= 15 is 0 Å². The van der Waals surface area contributed by atoms with E-state index in [1.54, 1.807) is 35.5 Å². The first-order valence-electron chi connectivity index (χ1n) is 9.28. The van der Waals surface area contributed by atoms with Crippen LogP contribution < -0.4 is 0 Å². The molecule has 0 saturated carbocycles. The Bertz CT molecular complexity index is 793. The van der Waals surface area contributed by atoms with E-state index in [1.807, 2.05) is 12.1 Å². The number of benzene rings is 1. The van der Waals surface area contributed by atoms with E-state index in [1.165, 1.54) is 6.07 Å². The summed E-state index contributed by atoms with van der Waals surface area (Å²) < 4.78 is 25.6. The van der Waals surface area contributed by atoms with Gasteiger partial charge in [-0.15, -0.1) is 0 Å². The van der Waals surface area contributed by atoms with Crippen molar-refractivity contribution < 1.29 is 18.7 Å². The van der Waals surface area contributed by atoms with Crippen molar-refractivity contribution in [3.05, 3.63) is 65.7 Å². The normalized spacial score (nSPS) is 20.6. The highest BCUT2D eigenvalue weighted by Gasteiger charge is 2.54. The fraction of sp³-hybridized carbons (Fsp3) is 0.429. The number of aromatic nitrogens is 1. The van der Waals surface area contributed by atoms with Crippen LogP contribution in [0.4, 0.5) is 4.39 Å². The molecule has 0 aliphatic carbocycles. The fourth-order valence-corrected chi connectivity index (χ4v) is 3.87. The molecule has 6 heteroatoms. The number of hydrogen-bond acceptors (Lipinski definition) is 4. The molecule has 1 aromatic heterocycles. The number of carbonyl (C=O) groups is 1. The molecule has 4 rings (SSSR count). The Balaban J connectivity index is 1.28. The fourth-order valence-electron chi connectivity index (χ4n) is 3.87. The van der Waals surface area contributed by atoms with Crippen LogP contribution in [0.3, 0.4) is 0 Å². The predicted octanol–water partition coefficient (Wildman–Crippen LogP) is 2.60. The molecular weight excluding hydrogens is 347 g/mol. The van der Waals surface area contributed by atoms with Gasteiger partial charge < -0.3 is 14.4 Å². The smallest absolute Gasteiger partial charge is 0.227 e. The summed E-state index contributed by atoms with van der Waals surface area (Å²) in [7, 11) is 0. The highest BCUT2D eigenvalue weighted by molar-refractivity contribution is 5.80. The highest BCUT2D eigenvalue weighted by atomic mass is 19.1. The lowest BCUT2D eigenvalue weighted by Crippen LogP contribution is -2.66. The number of halogens is 1. The minimum atomic E-state index is -0.333. The second kappa shape index (κ2) is 7.74. The molecule has 3 heterocycles. The zero-order chi connectivity index (χ0) is 18.7. The molecule has 1 spiro atoms. The Morgan fingerprint density at radius 1 is 1.30 bits per heavy atom. The molecule has 1 aromatic carbocycles. The van der Waals surface area contributed by atoms with Crippen molar-refractivity contribution >= 4 is 5.91 Å². The molecule has 0 bridgehead atoms. The summed E-state index contributed by atoms with van der Waals surface area (Å²) in [6.45, 7) is 2.93. The number of amides is 1. The lowest BCUT2D eigenvalue weighted by atomic mass is 9.81. The Kier molecular flexibility index (Phi) is 5.18. The van der Waals surface area contributed by atoms with Gasteiger partial charge in [-0.25, -0.2) is 4.39 Å². The summed E-state index contributed by atoms with van der Waals surface area (Å²) in [5, 5.41) is 0. The average molecular weight is 370 g/mol. The van der Waals surface area contributed by atoms with Gasteiger partial charge in [0.15, 0.2) is 0 Å². The second-order valence-electron chi connectivity index (χ2n) is 7.29. The molecule has 2 saturated heterocycles. The van der Waals surface area contributed by atoms with Gasteiger partial charge in [0.25, 0.3) is 0 Å². The van der Waals surface area contributed by atoms with Crippen molar-refractivity contribution in [3.63, 3.8) is 0 Å². The van der Waals surface area contributed by atoms with Crippen LogP contribution in [0.1, 0.15) is 17.5 Å². The van der Waals surface area contributed by atoms with Gasteiger partial charge in [-0.05, 0) is 29.7 Å². The number of ether oxygens (including phenoxy) is 2. The third-order valence-corrected chi connectivity index (χ3v) is 5.48. The van der Waals surface area contributed by atoms with Crippen LogP contribution in [0.5, 0.6) is 0 Å². The van der Waals surface area contributed by atoms with Crippen molar-refractivity contribution in [2.24, 2.45) is 5.92 Å². The van der Waals surface area contributed by atoms with E-state index < -0.39 is 0 Å². The molecule has 142 valence electrons. The van der Waals surface area contributed by atoms with Gasteiger partial charge in [-0.3, -0.25) is 9.78 Å². The van der Waals surface area contributed by atoms with Crippen LogP contribution in [-0.4, -0.2) is 47.7 Å². The third kappa shape index (κ3) is 3.87. The monoisotopic (exact) mass is 370 g/mol. The van der Waals surface area contributed by atoms with E-state index in [0.717, 1.165) is 12.0 Å². The van der Waals surface area contributed by atoms with Gasteiger partial charge in [0.05, 0.1) is 32.7 Å². The summed E-state index contributed by atoms with van der Waals surface area (Å²) in [5.41, 5.74) is 1.17. The molecule has 2 fully saturated rings. The molecule has 0 unspecified atom stereocenters. The van der Waals surface area contributed by atoms with E-state index in [-0.39, 0.29) is 29.7 Å².